The first-order valence-electron chi connectivity index (χ1n) is 7.54. The van der Waals surface area contributed by atoms with E-state index in [0.717, 1.165) is 18.6 Å². The highest BCUT2D eigenvalue weighted by atomic mass is 32.1. The second-order valence-corrected chi connectivity index (χ2v) is 6.94. The SMILES string of the molecule is COc1ccc2c(c1)CCc1c-2nc2sc3c(n12)CCC3. The molecule has 0 spiro atoms. The standard InChI is InChI=1S/C17H16N2OS/c1-20-11-6-7-12-10(9-11)5-8-14-16(12)18-17-19(14)13-3-2-4-15(13)21-17/h6-7,9H,2-5,8H2,1H3. The highest BCUT2D eigenvalue weighted by Gasteiger charge is 2.27. The van der Waals surface area contributed by atoms with E-state index < -0.39 is 0 Å². The molecule has 0 aliphatic heterocycles. The van der Waals surface area contributed by atoms with Crippen molar-refractivity contribution in [3.05, 3.63) is 40.0 Å². The maximum Gasteiger partial charge on any atom is 0.194 e. The minimum absolute atomic E-state index is 0.944. The molecule has 0 saturated heterocycles. The number of benzene rings is 1. The third kappa shape index (κ3) is 1.51. The van der Waals surface area contributed by atoms with Crippen molar-refractivity contribution in [2.24, 2.45) is 0 Å². The summed E-state index contributed by atoms with van der Waals surface area (Å²) >= 11 is 1.89. The summed E-state index contributed by atoms with van der Waals surface area (Å²) in [4.78, 5) is 7.70. The molecule has 0 bridgehead atoms. The van der Waals surface area contributed by atoms with E-state index in [2.05, 4.69) is 16.5 Å². The Morgan fingerprint density at radius 2 is 2.10 bits per heavy atom. The van der Waals surface area contributed by atoms with Gasteiger partial charge in [0.05, 0.1) is 18.5 Å². The number of aromatic nitrogens is 2. The first-order chi connectivity index (χ1) is 10.3. The largest absolute Gasteiger partial charge is 0.497 e. The van der Waals surface area contributed by atoms with Crippen molar-refractivity contribution in [1.82, 2.24) is 9.38 Å². The Bertz CT molecular complexity index is 875. The number of ether oxygens (including phenoxy) is 1. The van der Waals surface area contributed by atoms with Gasteiger partial charge in [-0.15, -0.1) is 11.3 Å². The number of methoxy groups -OCH3 is 1. The summed E-state index contributed by atoms with van der Waals surface area (Å²) in [6, 6.07) is 6.38. The second kappa shape index (κ2) is 4.10. The molecule has 2 aliphatic rings. The lowest BCUT2D eigenvalue weighted by Gasteiger charge is -2.17. The van der Waals surface area contributed by atoms with Crippen molar-refractivity contribution in [2.75, 3.05) is 7.11 Å². The number of hydrogen-bond donors (Lipinski definition) is 0. The van der Waals surface area contributed by atoms with E-state index in [1.807, 2.05) is 17.4 Å². The van der Waals surface area contributed by atoms with Crippen molar-refractivity contribution in [1.29, 1.82) is 0 Å². The van der Waals surface area contributed by atoms with Crippen molar-refractivity contribution < 1.29 is 4.74 Å². The normalized spacial score (nSPS) is 15.9. The number of fused-ring (bicyclic) bond motifs is 7. The zero-order valence-corrected chi connectivity index (χ0v) is 12.8. The van der Waals surface area contributed by atoms with Crippen LogP contribution >= 0.6 is 11.3 Å². The summed E-state index contributed by atoms with van der Waals surface area (Å²) in [5, 5.41) is 0. The summed E-state index contributed by atoms with van der Waals surface area (Å²) in [7, 11) is 1.73. The van der Waals surface area contributed by atoms with Crippen molar-refractivity contribution in [3.8, 4) is 17.0 Å². The van der Waals surface area contributed by atoms with Crippen LogP contribution in [-0.4, -0.2) is 16.5 Å². The van der Waals surface area contributed by atoms with Crippen molar-refractivity contribution >= 4 is 16.3 Å². The lowest BCUT2D eigenvalue weighted by Crippen LogP contribution is -2.07. The molecule has 3 aromatic rings. The summed E-state index contributed by atoms with van der Waals surface area (Å²) < 4.78 is 7.80. The van der Waals surface area contributed by atoms with Gasteiger partial charge in [0.2, 0.25) is 0 Å². The maximum atomic E-state index is 5.35. The molecule has 0 atom stereocenters. The van der Waals surface area contributed by atoms with Crippen LogP contribution in [0.4, 0.5) is 0 Å². The van der Waals surface area contributed by atoms with Crippen molar-refractivity contribution in [2.45, 2.75) is 32.1 Å². The summed E-state index contributed by atoms with van der Waals surface area (Å²) in [5.41, 5.74) is 6.80. The van der Waals surface area contributed by atoms with Gasteiger partial charge in [0.1, 0.15) is 5.75 Å². The number of imidazole rings is 1. The van der Waals surface area contributed by atoms with Crippen LogP contribution in [0, 0.1) is 0 Å². The van der Waals surface area contributed by atoms with Gasteiger partial charge in [-0.2, -0.15) is 0 Å². The molecule has 0 unspecified atom stereocenters. The van der Waals surface area contributed by atoms with E-state index in [0.29, 0.717) is 0 Å². The van der Waals surface area contributed by atoms with Crippen LogP contribution in [0.5, 0.6) is 5.75 Å². The molecule has 2 aromatic heterocycles. The molecule has 106 valence electrons. The van der Waals surface area contributed by atoms with Crippen molar-refractivity contribution in [3.63, 3.8) is 0 Å². The number of thiazole rings is 1. The van der Waals surface area contributed by atoms with Gasteiger partial charge >= 0.3 is 0 Å². The smallest absolute Gasteiger partial charge is 0.194 e. The molecule has 0 amide bonds. The first-order valence-corrected chi connectivity index (χ1v) is 8.36. The Morgan fingerprint density at radius 1 is 1.14 bits per heavy atom. The molecule has 1 aromatic carbocycles. The fourth-order valence-corrected chi connectivity index (χ4v) is 5.00. The second-order valence-electron chi connectivity index (χ2n) is 5.87. The van der Waals surface area contributed by atoms with Crippen LogP contribution in [0.15, 0.2) is 18.2 Å². The molecular formula is C17H16N2OS. The molecule has 0 radical (unpaired) electrons. The van der Waals surface area contributed by atoms with Crippen LogP contribution in [0.1, 0.15) is 28.2 Å². The Labute approximate surface area is 127 Å². The zero-order valence-electron chi connectivity index (χ0n) is 12.0. The van der Waals surface area contributed by atoms with Gasteiger partial charge in [-0.05, 0) is 55.9 Å². The molecule has 2 aliphatic carbocycles. The number of rotatable bonds is 1. The van der Waals surface area contributed by atoms with Crippen LogP contribution in [0.3, 0.4) is 0 Å². The summed E-state index contributed by atoms with van der Waals surface area (Å²) in [5.74, 6) is 0.944. The Morgan fingerprint density at radius 3 is 3.00 bits per heavy atom. The van der Waals surface area contributed by atoms with E-state index in [-0.39, 0.29) is 0 Å². The number of aryl methyl sites for hydroxylation is 4. The Kier molecular flexibility index (Phi) is 2.31. The average molecular weight is 296 g/mol. The maximum absolute atomic E-state index is 5.35. The predicted octanol–water partition coefficient (Wildman–Crippen LogP) is 3.66. The topological polar surface area (TPSA) is 26.5 Å². The molecule has 3 nitrogen and oxygen atoms in total. The van der Waals surface area contributed by atoms with E-state index in [9.17, 15) is 0 Å². The van der Waals surface area contributed by atoms with Gasteiger partial charge in [-0.1, -0.05) is 0 Å². The van der Waals surface area contributed by atoms with Crippen LogP contribution in [0.2, 0.25) is 0 Å². The zero-order chi connectivity index (χ0) is 14.0. The van der Waals surface area contributed by atoms with Crippen LogP contribution in [0.25, 0.3) is 16.2 Å². The Balaban J connectivity index is 1.77. The fraction of sp³-hybridized carbons (Fsp3) is 0.353. The third-order valence-electron chi connectivity index (χ3n) is 4.76. The number of nitrogens with zero attached hydrogens (tertiary/aromatic N) is 2. The first kappa shape index (κ1) is 11.8. The molecule has 0 fully saturated rings. The minimum atomic E-state index is 0.944. The molecule has 21 heavy (non-hydrogen) atoms. The molecule has 5 rings (SSSR count). The summed E-state index contributed by atoms with van der Waals surface area (Å²) in [6.45, 7) is 0. The third-order valence-corrected chi connectivity index (χ3v) is 5.91. The van der Waals surface area contributed by atoms with E-state index in [4.69, 9.17) is 9.72 Å². The fourth-order valence-electron chi connectivity index (χ4n) is 3.77. The van der Waals surface area contributed by atoms with Gasteiger partial charge in [-0.25, -0.2) is 4.98 Å². The van der Waals surface area contributed by atoms with E-state index >= 15 is 0 Å². The molecule has 4 heteroatoms. The highest BCUT2D eigenvalue weighted by Crippen LogP contribution is 2.40. The minimum Gasteiger partial charge on any atom is -0.497 e. The quantitative estimate of drug-likeness (QED) is 0.685. The van der Waals surface area contributed by atoms with Gasteiger partial charge in [-0.3, -0.25) is 4.40 Å². The molecule has 0 saturated carbocycles. The van der Waals surface area contributed by atoms with Gasteiger partial charge in [0, 0.05) is 16.1 Å². The van der Waals surface area contributed by atoms with Crippen LogP contribution < -0.4 is 4.74 Å². The molecule has 0 N–H and O–H groups in total. The van der Waals surface area contributed by atoms with Crippen LogP contribution in [-0.2, 0) is 25.7 Å². The molecular weight excluding hydrogens is 280 g/mol. The average Bonchev–Trinajstić information content (AvgIpc) is 3.16. The molecule has 2 heterocycles. The lowest BCUT2D eigenvalue weighted by atomic mass is 9.92. The monoisotopic (exact) mass is 296 g/mol. The highest BCUT2D eigenvalue weighted by molar-refractivity contribution is 7.17. The van der Waals surface area contributed by atoms with Gasteiger partial charge in [0.25, 0.3) is 0 Å². The van der Waals surface area contributed by atoms with Gasteiger partial charge < -0.3 is 4.74 Å². The Hall–Kier alpha value is -1.81. The van der Waals surface area contributed by atoms with Gasteiger partial charge in [0.15, 0.2) is 4.96 Å². The van der Waals surface area contributed by atoms with E-state index in [1.54, 1.807) is 12.0 Å². The number of hydrogen-bond acceptors (Lipinski definition) is 3. The lowest BCUT2D eigenvalue weighted by molar-refractivity contribution is 0.414. The summed E-state index contributed by atoms with van der Waals surface area (Å²) in [6.07, 6.45) is 5.93. The van der Waals surface area contributed by atoms with E-state index in [1.165, 1.54) is 52.4 Å². The predicted molar refractivity (Wildman–Crippen MR) is 84.5 cm³/mol.